The van der Waals surface area contributed by atoms with Crippen LogP contribution in [-0.2, 0) is 4.74 Å². The van der Waals surface area contributed by atoms with Crippen molar-refractivity contribution in [3.05, 3.63) is 21.3 Å². The van der Waals surface area contributed by atoms with E-state index in [1.54, 1.807) is 18.4 Å². The smallest absolute Gasteiger partial charge is 0.426 e. The SMILES string of the molecule is CCOC(=O)NNC(=O)c1sccc1Cl. The van der Waals surface area contributed by atoms with Gasteiger partial charge in [-0.3, -0.25) is 10.2 Å². The molecule has 0 bridgehead atoms. The second-order valence-corrected chi connectivity index (χ2v) is 3.72. The molecule has 1 rings (SSSR count). The second kappa shape index (κ2) is 5.57. The van der Waals surface area contributed by atoms with Gasteiger partial charge < -0.3 is 4.74 Å². The van der Waals surface area contributed by atoms with E-state index < -0.39 is 12.0 Å². The number of carbonyl (C=O) groups excluding carboxylic acids is 2. The quantitative estimate of drug-likeness (QED) is 0.784. The monoisotopic (exact) mass is 248 g/mol. The molecule has 2 N–H and O–H groups in total. The topological polar surface area (TPSA) is 67.4 Å². The third-order valence-corrected chi connectivity index (χ3v) is 2.72. The minimum atomic E-state index is -0.710. The van der Waals surface area contributed by atoms with Gasteiger partial charge in [-0.15, -0.1) is 11.3 Å². The number of halogens is 1. The summed E-state index contributed by atoms with van der Waals surface area (Å²) >= 11 is 6.90. The van der Waals surface area contributed by atoms with Gasteiger partial charge in [-0.1, -0.05) is 11.6 Å². The van der Waals surface area contributed by atoms with Crippen molar-refractivity contribution in [1.82, 2.24) is 10.9 Å². The van der Waals surface area contributed by atoms with Crippen LogP contribution in [0.15, 0.2) is 11.4 Å². The molecule has 82 valence electrons. The van der Waals surface area contributed by atoms with Crippen molar-refractivity contribution in [2.24, 2.45) is 0 Å². The molecular formula is C8H9ClN2O3S. The first kappa shape index (κ1) is 11.8. The lowest BCUT2D eigenvalue weighted by Crippen LogP contribution is -2.41. The number of carbonyl (C=O) groups is 2. The van der Waals surface area contributed by atoms with E-state index in [9.17, 15) is 9.59 Å². The van der Waals surface area contributed by atoms with Crippen LogP contribution in [0.1, 0.15) is 16.6 Å². The van der Waals surface area contributed by atoms with Crippen LogP contribution in [0, 0.1) is 0 Å². The maximum absolute atomic E-state index is 11.4. The van der Waals surface area contributed by atoms with Crippen LogP contribution in [-0.4, -0.2) is 18.6 Å². The molecule has 0 aliphatic rings. The van der Waals surface area contributed by atoms with Gasteiger partial charge in [-0.05, 0) is 18.4 Å². The van der Waals surface area contributed by atoms with Gasteiger partial charge in [0.1, 0.15) is 4.88 Å². The molecule has 2 amide bonds. The maximum Gasteiger partial charge on any atom is 0.426 e. The minimum absolute atomic E-state index is 0.238. The Morgan fingerprint density at radius 1 is 1.53 bits per heavy atom. The normalized spacial score (nSPS) is 9.47. The van der Waals surface area contributed by atoms with E-state index in [1.807, 2.05) is 0 Å². The molecule has 7 heteroatoms. The van der Waals surface area contributed by atoms with Crippen molar-refractivity contribution >= 4 is 34.9 Å². The number of amides is 2. The number of thiophene rings is 1. The van der Waals surface area contributed by atoms with Crippen LogP contribution < -0.4 is 10.9 Å². The fourth-order valence-corrected chi connectivity index (χ4v) is 1.82. The third kappa shape index (κ3) is 3.41. The summed E-state index contributed by atoms with van der Waals surface area (Å²) in [5, 5.41) is 2.03. The Hall–Kier alpha value is -1.27. The highest BCUT2D eigenvalue weighted by Crippen LogP contribution is 2.21. The van der Waals surface area contributed by atoms with Gasteiger partial charge in [0.25, 0.3) is 5.91 Å². The maximum atomic E-state index is 11.4. The number of hydrogen-bond donors (Lipinski definition) is 2. The zero-order chi connectivity index (χ0) is 11.3. The van der Waals surface area contributed by atoms with Crippen molar-refractivity contribution in [2.75, 3.05) is 6.61 Å². The molecule has 1 aromatic rings. The fraction of sp³-hybridized carbons (Fsp3) is 0.250. The number of hydrogen-bond acceptors (Lipinski definition) is 4. The van der Waals surface area contributed by atoms with Crippen LogP contribution in [0.2, 0.25) is 5.02 Å². The van der Waals surface area contributed by atoms with Gasteiger partial charge in [0, 0.05) is 0 Å². The molecule has 0 saturated heterocycles. The largest absolute Gasteiger partial charge is 0.449 e. The van der Waals surface area contributed by atoms with Gasteiger partial charge in [-0.25, -0.2) is 10.2 Å². The molecule has 15 heavy (non-hydrogen) atoms. The Morgan fingerprint density at radius 3 is 2.80 bits per heavy atom. The molecule has 0 atom stereocenters. The molecule has 0 unspecified atom stereocenters. The van der Waals surface area contributed by atoms with E-state index in [4.69, 9.17) is 11.6 Å². The average Bonchev–Trinajstić information content (AvgIpc) is 2.61. The average molecular weight is 249 g/mol. The predicted octanol–water partition coefficient (Wildman–Crippen LogP) is 1.79. The lowest BCUT2D eigenvalue weighted by molar-refractivity contribution is 0.0917. The van der Waals surface area contributed by atoms with E-state index in [0.29, 0.717) is 9.90 Å². The minimum Gasteiger partial charge on any atom is -0.449 e. The van der Waals surface area contributed by atoms with Crippen LogP contribution in [0.3, 0.4) is 0 Å². The van der Waals surface area contributed by atoms with Gasteiger partial charge in [0.2, 0.25) is 0 Å². The summed E-state index contributed by atoms with van der Waals surface area (Å²) in [5.41, 5.74) is 4.26. The molecule has 0 saturated carbocycles. The van der Waals surface area contributed by atoms with Gasteiger partial charge >= 0.3 is 6.09 Å². The highest BCUT2D eigenvalue weighted by atomic mass is 35.5. The molecule has 0 aliphatic carbocycles. The van der Waals surface area contributed by atoms with E-state index in [-0.39, 0.29) is 6.61 Å². The van der Waals surface area contributed by atoms with Gasteiger partial charge in [0.05, 0.1) is 11.6 Å². The second-order valence-electron chi connectivity index (χ2n) is 2.40. The molecule has 5 nitrogen and oxygen atoms in total. The highest BCUT2D eigenvalue weighted by molar-refractivity contribution is 7.12. The van der Waals surface area contributed by atoms with E-state index in [0.717, 1.165) is 0 Å². The number of rotatable bonds is 2. The lowest BCUT2D eigenvalue weighted by atomic mass is 10.4. The van der Waals surface area contributed by atoms with Crippen LogP contribution in [0.25, 0.3) is 0 Å². The fourth-order valence-electron chi connectivity index (χ4n) is 0.787. The standard InChI is InChI=1S/C8H9ClN2O3S/c1-2-14-8(13)11-10-7(12)6-5(9)3-4-15-6/h3-4H,2H2,1H3,(H,10,12)(H,11,13). The first-order chi connectivity index (χ1) is 7.15. The first-order valence-corrected chi connectivity index (χ1v) is 5.37. The van der Waals surface area contributed by atoms with E-state index in [2.05, 4.69) is 15.6 Å². The Bertz CT molecular complexity index is 367. The summed E-state index contributed by atoms with van der Waals surface area (Å²) in [4.78, 5) is 22.5. The molecule has 0 spiro atoms. The zero-order valence-electron chi connectivity index (χ0n) is 7.87. The summed E-state index contributed by atoms with van der Waals surface area (Å²) in [6.07, 6.45) is -0.710. The van der Waals surface area contributed by atoms with Crippen molar-refractivity contribution in [1.29, 1.82) is 0 Å². The zero-order valence-corrected chi connectivity index (χ0v) is 9.45. The van der Waals surface area contributed by atoms with Crippen LogP contribution in [0.5, 0.6) is 0 Å². The lowest BCUT2D eigenvalue weighted by Gasteiger charge is -2.05. The van der Waals surface area contributed by atoms with Gasteiger partial charge in [-0.2, -0.15) is 0 Å². The molecular weight excluding hydrogens is 240 g/mol. The summed E-state index contributed by atoms with van der Waals surface area (Å²) in [6, 6.07) is 1.60. The third-order valence-electron chi connectivity index (χ3n) is 1.38. The van der Waals surface area contributed by atoms with Crippen LogP contribution in [0.4, 0.5) is 4.79 Å². The highest BCUT2D eigenvalue weighted by Gasteiger charge is 2.12. The summed E-state index contributed by atoms with van der Waals surface area (Å²) < 4.78 is 4.55. The van der Waals surface area contributed by atoms with E-state index >= 15 is 0 Å². The molecule has 1 heterocycles. The Balaban J connectivity index is 2.44. The number of ether oxygens (including phenoxy) is 1. The van der Waals surface area contributed by atoms with Crippen molar-refractivity contribution in [3.8, 4) is 0 Å². The molecule has 0 aliphatic heterocycles. The van der Waals surface area contributed by atoms with Crippen LogP contribution >= 0.6 is 22.9 Å². The van der Waals surface area contributed by atoms with Crippen molar-refractivity contribution in [2.45, 2.75) is 6.92 Å². The molecule has 1 aromatic heterocycles. The Labute approximate surface area is 95.3 Å². The first-order valence-electron chi connectivity index (χ1n) is 4.11. The Kier molecular flexibility index (Phi) is 4.38. The predicted molar refractivity (Wildman–Crippen MR) is 57.0 cm³/mol. The molecule has 0 radical (unpaired) electrons. The number of nitrogens with one attached hydrogen (secondary N) is 2. The summed E-state index contributed by atoms with van der Waals surface area (Å²) in [5.74, 6) is -0.469. The molecule has 0 fully saturated rings. The Morgan fingerprint density at radius 2 is 2.27 bits per heavy atom. The summed E-state index contributed by atoms with van der Waals surface area (Å²) in [6.45, 7) is 1.90. The molecule has 0 aromatic carbocycles. The van der Waals surface area contributed by atoms with Crippen molar-refractivity contribution < 1.29 is 14.3 Å². The van der Waals surface area contributed by atoms with E-state index in [1.165, 1.54) is 11.3 Å². The number of hydrazine groups is 1. The van der Waals surface area contributed by atoms with Crippen molar-refractivity contribution in [3.63, 3.8) is 0 Å². The summed E-state index contributed by atoms with van der Waals surface area (Å²) in [7, 11) is 0. The van der Waals surface area contributed by atoms with Gasteiger partial charge in [0.15, 0.2) is 0 Å².